The molecular weight excluding hydrogens is 373 g/mol. The zero-order chi connectivity index (χ0) is 19.8. The molecule has 0 saturated carbocycles. The first-order valence-electron chi connectivity index (χ1n) is 5.66. The van der Waals surface area contributed by atoms with E-state index in [4.69, 9.17) is 0 Å². The summed E-state index contributed by atoms with van der Waals surface area (Å²) in [5, 5.41) is 0. The molecule has 0 aromatic rings. The summed E-state index contributed by atoms with van der Waals surface area (Å²) in [4.78, 5) is 10.9. The molecule has 2 nitrogen and oxygen atoms in total. The second-order valence-corrected chi connectivity index (χ2v) is 4.64. The van der Waals surface area contributed by atoms with Crippen LogP contribution in [-0.4, -0.2) is 48.9 Å². The first-order chi connectivity index (χ1) is 10.4. The number of esters is 1. The summed E-state index contributed by atoms with van der Waals surface area (Å²) in [6.07, 6.45) is -7.15. The van der Waals surface area contributed by atoms with Gasteiger partial charge in [0.15, 0.2) is 6.67 Å². The number of rotatable bonds is 7. The number of carbonyl (C=O) groups is 1. The van der Waals surface area contributed by atoms with E-state index in [2.05, 4.69) is 11.3 Å². The minimum absolute atomic E-state index is 0.702. The minimum Gasteiger partial charge on any atom is -0.458 e. The molecule has 0 radical (unpaired) electrons. The Morgan fingerprint density at radius 1 is 0.917 bits per heavy atom. The normalized spacial score (nSPS) is 16.5. The minimum atomic E-state index is -7.32. The van der Waals surface area contributed by atoms with E-state index in [1.54, 1.807) is 0 Å². The number of halogens is 11. The summed E-state index contributed by atoms with van der Waals surface area (Å²) in [5.74, 6) is -22.4. The van der Waals surface area contributed by atoms with Crippen LogP contribution >= 0.6 is 0 Å². The average molecular weight is 382 g/mol. The third-order valence-electron chi connectivity index (χ3n) is 2.75. The Labute approximate surface area is 127 Å². The van der Waals surface area contributed by atoms with Crippen LogP contribution in [0.2, 0.25) is 0 Å². The first-order valence-corrected chi connectivity index (χ1v) is 5.66. The monoisotopic (exact) mass is 382 g/mol. The maximum absolute atomic E-state index is 14.0. The van der Waals surface area contributed by atoms with Gasteiger partial charge in [-0.3, -0.25) is 0 Å². The maximum Gasteiger partial charge on any atom is 0.460 e. The van der Waals surface area contributed by atoms with E-state index in [9.17, 15) is 53.1 Å². The number of ether oxygens (including phenoxy) is 1. The predicted octanol–water partition coefficient (Wildman–Crippen LogP) is 4.25. The highest BCUT2D eigenvalue weighted by Crippen LogP contribution is 2.56. The second-order valence-electron chi connectivity index (χ2n) is 4.64. The standard InChI is InChI=1S/C11H9F11O2/c1-5(2)6(23)24-4-7(13,8(14,15)3-12)9(16,17)10(18,19)11(20,21)22/h1,3-4H2,2H3. The molecule has 142 valence electrons. The molecule has 0 aromatic carbocycles. The van der Waals surface area contributed by atoms with Gasteiger partial charge in [0.2, 0.25) is 0 Å². The smallest absolute Gasteiger partial charge is 0.458 e. The lowest BCUT2D eigenvalue weighted by molar-refractivity contribution is -0.402. The SMILES string of the molecule is C=C(C)C(=O)OCC(F)(C(F)(F)CF)C(F)(F)C(F)(F)C(F)(F)F. The van der Waals surface area contributed by atoms with Crippen molar-refractivity contribution >= 4 is 5.97 Å². The van der Waals surface area contributed by atoms with Crippen LogP contribution in [0.1, 0.15) is 6.92 Å². The van der Waals surface area contributed by atoms with Crippen LogP contribution in [0.5, 0.6) is 0 Å². The van der Waals surface area contributed by atoms with Gasteiger partial charge >= 0.3 is 29.9 Å². The van der Waals surface area contributed by atoms with Gasteiger partial charge in [0.25, 0.3) is 5.67 Å². The van der Waals surface area contributed by atoms with E-state index in [1.807, 2.05) is 0 Å². The average Bonchev–Trinajstić information content (AvgIpc) is 2.42. The van der Waals surface area contributed by atoms with Crippen molar-refractivity contribution in [2.45, 2.75) is 36.5 Å². The Kier molecular flexibility index (Phi) is 5.97. The summed E-state index contributed by atoms with van der Waals surface area (Å²) in [7, 11) is 0. The van der Waals surface area contributed by atoms with Crippen molar-refractivity contribution in [2.75, 3.05) is 13.3 Å². The highest BCUT2D eigenvalue weighted by atomic mass is 19.4. The molecule has 0 amide bonds. The lowest BCUT2D eigenvalue weighted by Gasteiger charge is -2.40. The van der Waals surface area contributed by atoms with Crippen molar-refractivity contribution in [1.82, 2.24) is 0 Å². The fraction of sp³-hybridized carbons (Fsp3) is 0.727. The summed E-state index contributed by atoms with van der Waals surface area (Å²) in [5.41, 5.74) is -6.90. The van der Waals surface area contributed by atoms with Gasteiger partial charge in [0.1, 0.15) is 6.61 Å². The molecule has 0 rings (SSSR count). The molecule has 0 heterocycles. The van der Waals surface area contributed by atoms with Crippen LogP contribution in [0.4, 0.5) is 48.3 Å². The van der Waals surface area contributed by atoms with E-state index in [0.29, 0.717) is 0 Å². The molecule has 0 spiro atoms. The van der Waals surface area contributed by atoms with E-state index in [0.717, 1.165) is 6.92 Å². The summed E-state index contributed by atoms with van der Waals surface area (Å²) in [6, 6.07) is 0. The number of hydrogen-bond donors (Lipinski definition) is 0. The highest BCUT2D eigenvalue weighted by Gasteiger charge is 2.86. The molecule has 0 saturated heterocycles. The highest BCUT2D eigenvalue weighted by molar-refractivity contribution is 5.86. The van der Waals surface area contributed by atoms with Crippen LogP contribution in [-0.2, 0) is 9.53 Å². The molecular formula is C11H9F11O2. The predicted molar refractivity (Wildman–Crippen MR) is 56.5 cm³/mol. The Hall–Kier alpha value is -1.56. The molecule has 0 aromatic heterocycles. The molecule has 0 aliphatic heterocycles. The Morgan fingerprint density at radius 3 is 1.62 bits per heavy atom. The van der Waals surface area contributed by atoms with Crippen molar-refractivity contribution in [3.8, 4) is 0 Å². The van der Waals surface area contributed by atoms with E-state index < -0.39 is 54.4 Å². The van der Waals surface area contributed by atoms with Crippen LogP contribution in [0.15, 0.2) is 12.2 Å². The number of alkyl halides is 11. The van der Waals surface area contributed by atoms with Crippen LogP contribution in [0.3, 0.4) is 0 Å². The van der Waals surface area contributed by atoms with Crippen molar-refractivity contribution in [3.63, 3.8) is 0 Å². The van der Waals surface area contributed by atoms with Gasteiger partial charge < -0.3 is 4.74 Å². The summed E-state index contributed by atoms with van der Waals surface area (Å²) in [6.45, 7) is -2.72. The van der Waals surface area contributed by atoms with Crippen LogP contribution in [0, 0.1) is 0 Å². The Balaban J connectivity index is 6.14. The van der Waals surface area contributed by atoms with Gasteiger partial charge in [-0.05, 0) is 6.92 Å². The number of hydrogen-bond acceptors (Lipinski definition) is 2. The van der Waals surface area contributed by atoms with Gasteiger partial charge in [0, 0.05) is 5.57 Å². The maximum atomic E-state index is 14.0. The van der Waals surface area contributed by atoms with Gasteiger partial charge in [-0.15, -0.1) is 0 Å². The van der Waals surface area contributed by atoms with Crippen molar-refractivity contribution < 1.29 is 57.8 Å². The molecule has 24 heavy (non-hydrogen) atoms. The largest absolute Gasteiger partial charge is 0.460 e. The van der Waals surface area contributed by atoms with Crippen molar-refractivity contribution in [1.29, 1.82) is 0 Å². The van der Waals surface area contributed by atoms with Crippen molar-refractivity contribution in [2.24, 2.45) is 0 Å². The lowest BCUT2D eigenvalue weighted by Crippen LogP contribution is -2.70. The molecule has 13 heteroatoms. The fourth-order valence-electron chi connectivity index (χ4n) is 1.25. The Morgan fingerprint density at radius 2 is 1.33 bits per heavy atom. The van der Waals surface area contributed by atoms with Gasteiger partial charge in [-0.1, -0.05) is 6.58 Å². The summed E-state index contributed by atoms with van der Waals surface area (Å²) >= 11 is 0. The third-order valence-corrected chi connectivity index (χ3v) is 2.75. The van der Waals surface area contributed by atoms with E-state index >= 15 is 0 Å². The van der Waals surface area contributed by atoms with Gasteiger partial charge in [-0.2, -0.15) is 39.5 Å². The molecule has 0 bridgehead atoms. The Bertz CT molecular complexity index is 497. The molecule has 0 fully saturated rings. The first kappa shape index (κ1) is 22.4. The van der Waals surface area contributed by atoms with E-state index in [-0.39, 0.29) is 0 Å². The molecule has 1 unspecified atom stereocenters. The van der Waals surface area contributed by atoms with E-state index in [1.165, 1.54) is 0 Å². The van der Waals surface area contributed by atoms with Crippen LogP contribution < -0.4 is 0 Å². The lowest BCUT2D eigenvalue weighted by atomic mass is 9.87. The molecule has 0 aliphatic carbocycles. The second kappa shape index (κ2) is 6.39. The third kappa shape index (κ3) is 3.43. The zero-order valence-corrected chi connectivity index (χ0v) is 11.6. The number of carbonyl (C=O) groups excluding carboxylic acids is 1. The topological polar surface area (TPSA) is 26.3 Å². The fourth-order valence-corrected chi connectivity index (χ4v) is 1.25. The van der Waals surface area contributed by atoms with Crippen LogP contribution in [0.25, 0.3) is 0 Å². The summed E-state index contributed by atoms with van der Waals surface area (Å²) < 4.78 is 144. The molecule has 0 aliphatic rings. The molecule has 1 atom stereocenters. The van der Waals surface area contributed by atoms with Gasteiger partial charge in [-0.25, -0.2) is 13.6 Å². The molecule has 0 N–H and O–H groups in total. The quantitative estimate of drug-likeness (QED) is 0.374. The van der Waals surface area contributed by atoms with Crippen molar-refractivity contribution in [3.05, 3.63) is 12.2 Å². The van der Waals surface area contributed by atoms with Gasteiger partial charge in [0.05, 0.1) is 0 Å². The zero-order valence-electron chi connectivity index (χ0n) is 11.6.